The first-order chi connectivity index (χ1) is 16.7. The lowest BCUT2D eigenvalue weighted by Gasteiger charge is -2.50. The molecule has 1 N–H and O–H groups in total. The molecule has 0 radical (unpaired) electrons. The summed E-state index contributed by atoms with van der Waals surface area (Å²) < 4.78 is 7.63. The number of methoxy groups -OCH3 is 1. The molecular formula is C26H29Br3N2O3S. The summed E-state index contributed by atoms with van der Waals surface area (Å²) in [6.45, 7) is 4.15. The average Bonchev–Trinajstić information content (AvgIpc) is 3.31. The summed E-state index contributed by atoms with van der Waals surface area (Å²) in [6, 6.07) is 2.24. The maximum Gasteiger partial charge on any atom is 0.226 e. The number of halogens is 3. The zero-order valence-electron chi connectivity index (χ0n) is 20.0. The second-order valence-electron chi connectivity index (χ2n) is 10.4. The predicted octanol–water partition coefficient (Wildman–Crippen LogP) is 7.43. The smallest absolute Gasteiger partial charge is 0.226 e. The number of aromatic nitrogens is 1. The molecule has 6 unspecified atom stereocenters. The molecule has 1 aromatic heterocycles. The number of Topliss-reactive ketones (excluding diaryl/α,β-unsaturated/α-hetero) is 1. The molecule has 1 aromatic carbocycles. The van der Waals surface area contributed by atoms with E-state index in [-0.39, 0.29) is 28.0 Å². The summed E-state index contributed by atoms with van der Waals surface area (Å²) in [7, 11) is 1.70. The zero-order chi connectivity index (χ0) is 25.1. The van der Waals surface area contributed by atoms with Gasteiger partial charge >= 0.3 is 0 Å². The van der Waals surface area contributed by atoms with Crippen LogP contribution in [0.25, 0.3) is 0 Å². The predicted molar refractivity (Wildman–Crippen MR) is 150 cm³/mol. The number of anilines is 1. The standard InChI is InChI=1S/C26H29Br3N2O3S/c1-12-11-30-25(35-12)31-19(32)7-6-16-20-14-4-5-15-17(10-18(27)23(34-3)21(15)28)13(14)8-9-26(20,2)24(33)22(16)29/h10-11,13-14,16,20,22H,4-9H2,1-3H3,(H,30,31,32). The second kappa shape index (κ2) is 9.84. The normalized spacial score (nSPS) is 31.5. The fraction of sp³-hybridized carbons (Fsp3) is 0.577. The van der Waals surface area contributed by atoms with Crippen LogP contribution in [0.3, 0.4) is 0 Å². The lowest BCUT2D eigenvalue weighted by Crippen LogP contribution is -2.44. The lowest BCUT2D eigenvalue weighted by atomic mass is 9.54. The molecule has 2 saturated carbocycles. The second-order valence-corrected chi connectivity index (χ2v) is 14.2. The van der Waals surface area contributed by atoms with Crippen LogP contribution >= 0.6 is 59.1 Å². The van der Waals surface area contributed by atoms with Crippen molar-refractivity contribution >= 4 is 75.9 Å². The van der Waals surface area contributed by atoms with Gasteiger partial charge in [0.05, 0.1) is 20.9 Å². The highest BCUT2D eigenvalue weighted by molar-refractivity contribution is 9.11. The van der Waals surface area contributed by atoms with Crippen molar-refractivity contribution in [2.75, 3.05) is 12.4 Å². The Morgan fingerprint density at radius 2 is 2.11 bits per heavy atom. The largest absolute Gasteiger partial charge is 0.494 e. The molecule has 2 fully saturated rings. The van der Waals surface area contributed by atoms with E-state index in [4.69, 9.17) is 4.74 Å². The molecule has 0 saturated heterocycles. The molecule has 3 aliphatic rings. The van der Waals surface area contributed by atoms with Crippen molar-refractivity contribution in [2.24, 2.45) is 23.2 Å². The molecule has 5 nitrogen and oxygen atoms in total. The quantitative estimate of drug-likeness (QED) is 0.332. The van der Waals surface area contributed by atoms with Crippen molar-refractivity contribution in [3.63, 3.8) is 0 Å². The Morgan fingerprint density at radius 3 is 2.80 bits per heavy atom. The number of carbonyl (C=O) groups excluding carboxylic acids is 2. The van der Waals surface area contributed by atoms with Gasteiger partial charge in [-0.2, -0.15) is 0 Å². The van der Waals surface area contributed by atoms with Crippen LogP contribution in [0, 0.1) is 30.1 Å². The molecule has 3 aliphatic carbocycles. The topological polar surface area (TPSA) is 68.3 Å². The van der Waals surface area contributed by atoms with E-state index in [0.29, 0.717) is 35.6 Å². The number of carbonyl (C=O) groups is 2. The Morgan fingerprint density at radius 1 is 1.34 bits per heavy atom. The Bertz CT molecular complexity index is 1180. The maximum atomic E-state index is 13.5. The van der Waals surface area contributed by atoms with Gasteiger partial charge in [-0.3, -0.25) is 9.59 Å². The molecule has 0 spiro atoms. The van der Waals surface area contributed by atoms with Crippen LogP contribution < -0.4 is 10.1 Å². The summed E-state index contributed by atoms with van der Waals surface area (Å²) in [5, 5.41) is 3.57. The molecular weight excluding hydrogens is 660 g/mol. The van der Waals surface area contributed by atoms with Crippen molar-refractivity contribution in [3.8, 4) is 5.75 Å². The number of fused-ring (bicyclic) bond motifs is 5. The number of thiazole rings is 1. The van der Waals surface area contributed by atoms with Crippen LogP contribution in [0.5, 0.6) is 5.75 Å². The van der Waals surface area contributed by atoms with E-state index >= 15 is 0 Å². The van der Waals surface area contributed by atoms with Crippen molar-refractivity contribution in [3.05, 3.63) is 37.2 Å². The number of ether oxygens (including phenoxy) is 1. The first kappa shape index (κ1) is 25.9. The van der Waals surface area contributed by atoms with Gasteiger partial charge < -0.3 is 10.1 Å². The van der Waals surface area contributed by atoms with Crippen LogP contribution in [0.15, 0.2) is 21.2 Å². The van der Waals surface area contributed by atoms with Gasteiger partial charge in [0.15, 0.2) is 10.9 Å². The third kappa shape index (κ3) is 4.36. The first-order valence-electron chi connectivity index (χ1n) is 12.1. The van der Waals surface area contributed by atoms with E-state index < -0.39 is 0 Å². The minimum absolute atomic E-state index is 0.0265. The third-order valence-electron chi connectivity index (χ3n) is 8.55. The van der Waals surface area contributed by atoms with Crippen LogP contribution in [0.1, 0.15) is 60.9 Å². The number of alkyl halides is 1. The molecule has 2 aromatic rings. The Kier molecular flexibility index (Phi) is 7.27. The van der Waals surface area contributed by atoms with E-state index in [0.717, 1.165) is 45.3 Å². The van der Waals surface area contributed by atoms with Crippen molar-refractivity contribution in [2.45, 2.75) is 63.1 Å². The fourth-order valence-electron chi connectivity index (χ4n) is 7.05. The number of ketones is 1. The summed E-state index contributed by atoms with van der Waals surface area (Å²) >= 11 is 12.8. The third-order valence-corrected chi connectivity index (χ3v) is 11.9. The number of amides is 1. The molecule has 0 bridgehead atoms. The van der Waals surface area contributed by atoms with E-state index in [9.17, 15) is 9.59 Å². The number of rotatable bonds is 5. The van der Waals surface area contributed by atoms with E-state index in [1.165, 1.54) is 22.5 Å². The highest BCUT2D eigenvalue weighted by atomic mass is 79.9. The summed E-state index contributed by atoms with van der Waals surface area (Å²) in [4.78, 5) is 31.4. The van der Waals surface area contributed by atoms with Crippen molar-refractivity contribution in [1.29, 1.82) is 0 Å². The highest BCUT2D eigenvalue weighted by Gasteiger charge is 2.62. The number of benzene rings is 1. The molecule has 1 heterocycles. The molecule has 5 rings (SSSR count). The number of aryl methyl sites for hydroxylation is 1. The van der Waals surface area contributed by atoms with Crippen LogP contribution in [0.2, 0.25) is 0 Å². The molecule has 35 heavy (non-hydrogen) atoms. The first-order valence-corrected chi connectivity index (χ1v) is 15.4. The van der Waals surface area contributed by atoms with Gasteiger partial charge in [-0.25, -0.2) is 4.98 Å². The minimum Gasteiger partial charge on any atom is -0.494 e. The number of hydrogen-bond donors (Lipinski definition) is 1. The lowest BCUT2D eigenvalue weighted by molar-refractivity contribution is -0.129. The van der Waals surface area contributed by atoms with E-state index in [2.05, 4.69) is 71.1 Å². The molecule has 1 amide bonds. The Balaban J connectivity index is 1.40. The summed E-state index contributed by atoms with van der Waals surface area (Å²) in [5.74, 6) is 2.40. The zero-order valence-corrected chi connectivity index (χ0v) is 25.6. The maximum absolute atomic E-state index is 13.5. The number of nitrogens with one attached hydrogen (secondary N) is 1. The molecule has 0 aliphatic heterocycles. The van der Waals surface area contributed by atoms with Crippen molar-refractivity contribution < 1.29 is 14.3 Å². The molecule has 6 atom stereocenters. The van der Waals surface area contributed by atoms with Gasteiger partial charge in [0.1, 0.15) is 5.75 Å². The van der Waals surface area contributed by atoms with Crippen LogP contribution in [0.4, 0.5) is 5.13 Å². The van der Waals surface area contributed by atoms with Gasteiger partial charge in [0.25, 0.3) is 0 Å². The fourth-order valence-corrected chi connectivity index (χ4v) is 10.5. The van der Waals surface area contributed by atoms with Crippen molar-refractivity contribution in [1.82, 2.24) is 4.98 Å². The summed E-state index contributed by atoms with van der Waals surface area (Å²) in [5.41, 5.74) is 2.38. The van der Waals surface area contributed by atoms with Crippen LogP contribution in [-0.2, 0) is 16.0 Å². The van der Waals surface area contributed by atoms with Gasteiger partial charge in [0, 0.05) is 22.9 Å². The number of nitrogens with zero attached hydrogens (tertiary/aromatic N) is 1. The highest BCUT2D eigenvalue weighted by Crippen LogP contribution is 2.64. The van der Waals surface area contributed by atoms with E-state index in [1.54, 1.807) is 13.3 Å². The average molecular weight is 689 g/mol. The van der Waals surface area contributed by atoms with Gasteiger partial charge in [-0.1, -0.05) is 22.9 Å². The molecule has 9 heteroatoms. The summed E-state index contributed by atoms with van der Waals surface area (Å²) in [6.07, 6.45) is 6.78. The monoisotopic (exact) mass is 686 g/mol. The van der Waals surface area contributed by atoms with E-state index in [1.807, 2.05) is 6.92 Å². The Labute approximate surface area is 235 Å². The molecule has 188 valence electrons. The Hall–Kier alpha value is -0.770. The number of hydrogen-bond acceptors (Lipinski definition) is 5. The minimum atomic E-state index is -0.332. The van der Waals surface area contributed by atoms with Gasteiger partial charge in [-0.15, -0.1) is 11.3 Å². The van der Waals surface area contributed by atoms with Gasteiger partial charge in [0.2, 0.25) is 5.91 Å². The van der Waals surface area contributed by atoms with Crippen LogP contribution in [-0.4, -0.2) is 28.6 Å². The SMILES string of the molecule is COc1c(Br)cc2c(c1Br)CCC1C2CCC2(C)C(=O)C(Br)C(CCC(=O)Nc3ncc(C)s3)C12. The van der Waals surface area contributed by atoms with Gasteiger partial charge in [-0.05, 0) is 112 Å².